The maximum Gasteiger partial charge on any atom is 0.220 e. The highest BCUT2D eigenvalue weighted by Crippen LogP contribution is 2.17. The number of aliphatic hydroxyl groups excluding tert-OH is 1. The number of rotatable bonds is 7. The van der Waals surface area contributed by atoms with E-state index in [-0.39, 0.29) is 12.0 Å². The minimum Gasteiger partial charge on any atom is -0.393 e. The first-order valence-electron chi connectivity index (χ1n) is 7.23. The van der Waals surface area contributed by atoms with Crippen LogP contribution < -0.4 is 10.6 Å². The fourth-order valence-corrected chi connectivity index (χ4v) is 2.55. The molecule has 1 saturated heterocycles. The van der Waals surface area contributed by atoms with Crippen molar-refractivity contribution in [3.05, 3.63) is 0 Å². The van der Waals surface area contributed by atoms with Gasteiger partial charge in [0.25, 0.3) is 0 Å². The number of carbonyl (C=O) groups is 1. The van der Waals surface area contributed by atoms with E-state index >= 15 is 0 Å². The third kappa shape index (κ3) is 6.97. The van der Waals surface area contributed by atoms with Gasteiger partial charge in [0.15, 0.2) is 0 Å². The van der Waals surface area contributed by atoms with Gasteiger partial charge >= 0.3 is 0 Å². The molecule has 106 valence electrons. The van der Waals surface area contributed by atoms with Crippen LogP contribution in [0.25, 0.3) is 0 Å². The van der Waals surface area contributed by atoms with Crippen molar-refractivity contribution < 1.29 is 9.90 Å². The molecule has 18 heavy (non-hydrogen) atoms. The Balaban J connectivity index is 2.06. The van der Waals surface area contributed by atoms with E-state index in [2.05, 4.69) is 17.6 Å². The predicted molar refractivity (Wildman–Crippen MR) is 73.3 cm³/mol. The van der Waals surface area contributed by atoms with Crippen molar-refractivity contribution in [1.82, 2.24) is 10.6 Å². The summed E-state index contributed by atoms with van der Waals surface area (Å²) >= 11 is 0. The summed E-state index contributed by atoms with van der Waals surface area (Å²) in [5.74, 6) is 1.21. The van der Waals surface area contributed by atoms with Crippen molar-refractivity contribution >= 4 is 5.91 Å². The Kier molecular flexibility index (Phi) is 7.28. The third-order valence-corrected chi connectivity index (χ3v) is 3.63. The lowest BCUT2D eigenvalue weighted by atomic mass is 9.93. The first kappa shape index (κ1) is 15.4. The zero-order chi connectivity index (χ0) is 13.4. The number of nitrogens with one attached hydrogen (secondary N) is 2. The van der Waals surface area contributed by atoms with E-state index in [0.29, 0.717) is 24.8 Å². The molecule has 0 aromatic heterocycles. The first-order chi connectivity index (χ1) is 8.58. The van der Waals surface area contributed by atoms with E-state index in [1.54, 1.807) is 6.92 Å². The Morgan fingerprint density at radius 2 is 2.06 bits per heavy atom. The summed E-state index contributed by atoms with van der Waals surface area (Å²) in [6.07, 6.45) is 4.52. The summed E-state index contributed by atoms with van der Waals surface area (Å²) in [5, 5.41) is 15.5. The maximum absolute atomic E-state index is 11.7. The van der Waals surface area contributed by atoms with Crippen molar-refractivity contribution in [2.24, 2.45) is 11.8 Å². The molecule has 0 aromatic carbocycles. The zero-order valence-corrected chi connectivity index (χ0v) is 11.7. The number of aliphatic hydroxyl groups is 1. The van der Waals surface area contributed by atoms with E-state index in [9.17, 15) is 9.90 Å². The molecule has 0 aromatic rings. The second kappa shape index (κ2) is 8.48. The van der Waals surface area contributed by atoms with E-state index in [1.165, 1.54) is 12.8 Å². The Hall–Kier alpha value is -0.610. The van der Waals surface area contributed by atoms with Crippen molar-refractivity contribution in [2.75, 3.05) is 19.6 Å². The van der Waals surface area contributed by atoms with Gasteiger partial charge in [-0.05, 0) is 57.5 Å². The molecule has 0 radical (unpaired) electrons. The Morgan fingerprint density at radius 3 is 2.67 bits per heavy atom. The van der Waals surface area contributed by atoms with Gasteiger partial charge in [-0.15, -0.1) is 0 Å². The zero-order valence-electron chi connectivity index (χ0n) is 11.7. The molecule has 1 amide bonds. The van der Waals surface area contributed by atoms with E-state index in [0.717, 1.165) is 25.9 Å². The number of piperidine rings is 1. The van der Waals surface area contributed by atoms with Crippen molar-refractivity contribution in [2.45, 2.75) is 52.1 Å². The SMILES string of the molecule is CC(O)CC(C)CNC(=O)CCC1CCNCC1. The topological polar surface area (TPSA) is 61.4 Å². The molecule has 1 aliphatic heterocycles. The van der Waals surface area contributed by atoms with Crippen LogP contribution in [0.2, 0.25) is 0 Å². The van der Waals surface area contributed by atoms with Crippen LogP contribution in [0.4, 0.5) is 0 Å². The Bertz CT molecular complexity index is 238. The molecule has 4 heteroatoms. The van der Waals surface area contributed by atoms with E-state index in [1.807, 2.05) is 0 Å². The standard InChI is InChI=1S/C14H28N2O2/c1-11(9-12(2)17)10-16-14(18)4-3-13-5-7-15-8-6-13/h11-13,15,17H,3-10H2,1-2H3,(H,16,18). The molecule has 0 spiro atoms. The fourth-order valence-electron chi connectivity index (χ4n) is 2.55. The van der Waals surface area contributed by atoms with Crippen LogP contribution in [-0.2, 0) is 4.79 Å². The molecule has 1 heterocycles. The van der Waals surface area contributed by atoms with Crippen LogP contribution in [0.15, 0.2) is 0 Å². The summed E-state index contributed by atoms with van der Waals surface area (Å²) in [7, 11) is 0. The smallest absolute Gasteiger partial charge is 0.220 e. The Morgan fingerprint density at radius 1 is 1.39 bits per heavy atom. The molecule has 1 aliphatic rings. The fraction of sp³-hybridized carbons (Fsp3) is 0.929. The van der Waals surface area contributed by atoms with Gasteiger partial charge < -0.3 is 15.7 Å². The minimum absolute atomic E-state index is 0.158. The molecule has 2 unspecified atom stereocenters. The van der Waals surface area contributed by atoms with Crippen LogP contribution in [0.3, 0.4) is 0 Å². The van der Waals surface area contributed by atoms with Crippen molar-refractivity contribution in [3.8, 4) is 0 Å². The van der Waals surface area contributed by atoms with Crippen LogP contribution in [0, 0.1) is 11.8 Å². The van der Waals surface area contributed by atoms with E-state index in [4.69, 9.17) is 0 Å². The van der Waals surface area contributed by atoms with Gasteiger partial charge in [-0.1, -0.05) is 6.92 Å². The second-order valence-corrected chi connectivity index (χ2v) is 5.73. The molecule has 3 N–H and O–H groups in total. The van der Waals surface area contributed by atoms with Gasteiger partial charge in [-0.3, -0.25) is 4.79 Å². The molecule has 0 saturated carbocycles. The molecular weight excluding hydrogens is 228 g/mol. The lowest BCUT2D eigenvalue weighted by Gasteiger charge is -2.22. The maximum atomic E-state index is 11.7. The molecule has 0 aliphatic carbocycles. The second-order valence-electron chi connectivity index (χ2n) is 5.73. The van der Waals surface area contributed by atoms with Crippen LogP contribution in [0.1, 0.15) is 46.0 Å². The summed E-state index contributed by atoms with van der Waals surface area (Å²) < 4.78 is 0. The monoisotopic (exact) mass is 256 g/mol. The van der Waals surface area contributed by atoms with Crippen LogP contribution in [-0.4, -0.2) is 36.8 Å². The molecular formula is C14H28N2O2. The van der Waals surface area contributed by atoms with Gasteiger partial charge in [0.1, 0.15) is 0 Å². The average molecular weight is 256 g/mol. The van der Waals surface area contributed by atoms with Crippen molar-refractivity contribution in [3.63, 3.8) is 0 Å². The lowest BCUT2D eigenvalue weighted by molar-refractivity contribution is -0.121. The molecule has 2 atom stereocenters. The minimum atomic E-state index is -0.286. The normalized spacial score (nSPS) is 20.4. The molecule has 0 bridgehead atoms. The van der Waals surface area contributed by atoms with Gasteiger partial charge in [0.05, 0.1) is 6.10 Å². The number of hydrogen-bond acceptors (Lipinski definition) is 3. The molecule has 1 rings (SSSR count). The average Bonchev–Trinajstić information content (AvgIpc) is 2.34. The van der Waals surface area contributed by atoms with Gasteiger partial charge in [-0.25, -0.2) is 0 Å². The van der Waals surface area contributed by atoms with Gasteiger partial charge in [0.2, 0.25) is 5.91 Å². The highest BCUT2D eigenvalue weighted by atomic mass is 16.3. The first-order valence-corrected chi connectivity index (χ1v) is 7.23. The highest BCUT2D eigenvalue weighted by molar-refractivity contribution is 5.75. The van der Waals surface area contributed by atoms with Gasteiger partial charge in [0, 0.05) is 13.0 Å². The number of hydrogen-bond donors (Lipinski definition) is 3. The number of carbonyl (C=O) groups excluding carboxylic acids is 1. The third-order valence-electron chi connectivity index (χ3n) is 3.63. The quantitative estimate of drug-likeness (QED) is 0.643. The molecule has 4 nitrogen and oxygen atoms in total. The summed E-state index contributed by atoms with van der Waals surface area (Å²) in [5.41, 5.74) is 0. The van der Waals surface area contributed by atoms with E-state index < -0.39 is 0 Å². The summed E-state index contributed by atoms with van der Waals surface area (Å²) in [6.45, 7) is 6.71. The van der Waals surface area contributed by atoms with Crippen LogP contribution >= 0.6 is 0 Å². The Labute approximate surface area is 111 Å². The summed E-state index contributed by atoms with van der Waals surface area (Å²) in [6, 6.07) is 0. The lowest BCUT2D eigenvalue weighted by Crippen LogP contribution is -2.31. The predicted octanol–water partition coefficient (Wildman–Crippen LogP) is 1.29. The number of amides is 1. The molecule has 1 fully saturated rings. The largest absolute Gasteiger partial charge is 0.393 e. The van der Waals surface area contributed by atoms with Gasteiger partial charge in [-0.2, -0.15) is 0 Å². The van der Waals surface area contributed by atoms with Crippen LogP contribution in [0.5, 0.6) is 0 Å². The highest BCUT2D eigenvalue weighted by Gasteiger charge is 2.14. The van der Waals surface area contributed by atoms with Crippen molar-refractivity contribution in [1.29, 1.82) is 0 Å². The summed E-state index contributed by atoms with van der Waals surface area (Å²) in [4.78, 5) is 11.7.